The van der Waals surface area contributed by atoms with Crippen LogP contribution in [0.2, 0.25) is 0 Å². The quantitative estimate of drug-likeness (QED) is 0.868. The number of likely N-dealkylation sites (tertiary alicyclic amines) is 1. The monoisotopic (exact) mass is 296 g/mol. The SMILES string of the molecule is CC(NCC1CCCN1C(=O)OC(C)(C)C)c1nn[nH]n1. The number of H-pyrrole nitrogens is 1. The fraction of sp³-hybridized carbons (Fsp3) is 0.846. The van der Waals surface area contributed by atoms with Crippen LogP contribution >= 0.6 is 0 Å². The van der Waals surface area contributed by atoms with Crippen molar-refractivity contribution in [1.29, 1.82) is 0 Å². The zero-order valence-electron chi connectivity index (χ0n) is 13.1. The summed E-state index contributed by atoms with van der Waals surface area (Å²) in [6, 6.07) is 0.138. The van der Waals surface area contributed by atoms with E-state index in [9.17, 15) is 4.79 Å². The maximum atomic E-state index is 12.2. The van der Waals surface area contributed by atoms with Gasteiger partial charge in [0.1, 0.15) is 5.60 Å². The van der Waals surface area contributed by atoms with Crippen LogP contribution in [0.3, 0.4) is 0 Å². The Labute approximate surface area is 124 Å². The molecule has 8 nitrogen and oxygen atoms in total. The number of rotatable bonds is 4. The number of carbonyl (C=O) groups excluding carboxylic acids is 1. The highest BCUT2D eigenvalue weighted by Gasteiger charge is 2.32. The van der Waals surface area contributed by atoms with E-state index in [2.05, 4.69) is 25.9 Å². The molecule has 0 saturated carbocycles. The first kappa shape index (κ1) is 15.7. The van der Waals surface area contributed by atoms with Crippen molar-refractivity contribution in [2.75, 3.05) is 13.1 Å². The van der Waals surface area contributed by atoms with E-state index >= 15 is 0 Å². The number of hydrogen-bond acceptors (Lipinski definition) is 6. The van der Waals surface area contributed by atoms with Gasteiger partial charge in [0.05, 0.1) is 6.04 Å². The lowest BCUT2D eigenvalue weighted by Gasteiger charge is -2.29. The Hall–Kier alpha value is -1.70. The second kappa shape index (κ2) is 6.38. The molecule has 1 amide bonds. The number of aromatic nitrogens is 4. The van der Waals surface area contributed by atoms with Crippen molar-refractivity contribution in [3.05, 3.63) is 5.82 Å². The lowest BCUT2D eigenvalue weighted by atomic mass is 10.2. The summed E-state index contributed by atoms with van der Waals surface area (Å²) in [6.45, 7) is 9.05. The highest BCUT2D eigenvalue weighted by Crippen LogP contribution is 2.21. The average Bonchev–Trinajstić information content (AvgIpc) is 3.04. The summed E-state index contributed by atoms with van der Waals surface area (Å²) in [5.41, 5.74) is -0.463. The van der Waals surface area contributed by atoms with Crippen molar-refractivity contribution in [3.8, 4) is 0 Å². The summed E-state index contributed by atoms with van der Waals surface area (Å²) in [4.78, 5) is 14.0. The van der Waals surface area contributed by atoms with Crippen LogP contribution in [-0.4, -0.2) is 56.3 Å². The normalized spacial score (nSPS) is 20.6. The molecule has 21 heavy (non-hydrogen) atoms. The van der Waals surface area contributed by atoms with Crippen LogP contribution in [-0.2, 0) is 4.74 Å². The molecule has 1 aromatic rings. The van der Waals surface area contributed by atoms with Gasteiger partial charge < -0.3 is 15.0 Å². The molecule has 0 aliphatic carbocycles. The number of carbonyl (C=O) groups is 1. The van der Waals surface area contributed by atoms with Gasteiger partial charge in [-0.3, -0.25) is 0 Å². The van der Waals surface area contributed by atoms with E-state index in [1.165, 1.54) is 0 Å². The van der Waals surface area contributed by atoms with Gasteiger partial charge in [0, 0.05) is 19.1 Å². The number of tetrazole rings is 1. The maximum Gasteiger partial charge on any atom is 0.410 e. The molecule has 0 aromatic carbocycles. The van der Waals surface area contributed by atoms with E-state index < -0.39 is 5.60 Å². The Balaban J connectivity index is 1.86. The van der Waals surface area contributed by atoms with Gasteiger partial charge in [0.2, 0.25) is 0 Å². The van der Waals surface area contributed by atoms with Crippen LogP contribution in [0, 0.1) is 0 Å². The van der Waals surface area contributed by atoms with E-state index in [1.54, 1.807) is 4.90 Å². The van der Waals surface area contributed by atoms with Gasteiger partial charge in [-0.05, 0) is 40.5 Å². The molecule has 1 aromatic heterocycles. The molecule has 2 heterocycles. The van der Waals surface area contributed by atoms with E-state index in [0.717, 1.165) is 19.4 Å². The lowest BCUT2D eigenvalue weighted by Crippen LogP contribution is -2.44. The molecule has 2 atom stereocenters. The molecule has 8 heteroatoms. The minimum absolute atomic E-state index is 0.00941. The third-order valence-electron chi connectivity index (χ3n) is 3.41. The molecule has 0 bridgehead atoms. The molecular formula is C13H24N6O2. The van der Waals surface area contributed by atoms with Crippen molar-refractivity contribution < 1.29 is 9.53 Å². The highest BCUT2D eigenvalue weighted by atomic mass is 16.6. The summed E-state index contributed by atoms with van der Waals surface area (Å²) in [5.74, 6) is 0.622. The number of nitrogens with one attached hydrogen (secondary N) is 2. The summed E-state index contributed by atoms with van der Waals surface area (Å²) in [7, 11) is 0. The molecule has 1 saturated heterocycles. The Kier molecular flexibility index (Phi) is 4.76. The van der Waals surface area contributed by atoms with E-state index in [0.29, 0.717) is 12.4 Å². The molecule has 1 aliphatic heterocycles. The van der Waals surface area contributed by atoms with Crippen molar-refractivity contribution in [2.24, 2.45) is 0 Å². The van der Waals surface area contributed by atoms with Gasteiger partial charge in [-0.1, -0.05) is 5.21 Å². The second-order valence-electron chi connectivity index (χ2n) is 6.37. The van der Waals surface area contributed by atoms with Crippen molar-refractivity contribution >= 4 is 6.09 Å². The van der Waals surface area contributed by atoms with Gasteiger partial charge in [-0.2, -0.15) is 5.21 Å². The summed E-state index contributed by atoms with van der Waals surface area (Å²) >= 11 is 0. The highest BCUT2D eigenvalue weighted by molar-refractivity contribution is 5.69. The summed E-state index contributed by atoms with van der Waals surface area (Å²) in [5, 5.41) is 17.2. The number of aromatic amines is 1. The number of amides is 1. The zero-order chi connectivity index (χ0) is 15.5. The topological polar surface area (TPSA) is 96.0 Å². The first-order valence-corrected chi connectivity index (χ1v) is 7.33. The molecule has 2 rings (SSSR count). The Morgan fingerprint density at radius 1 is 1.57 bits per heavy atom. The largest absolute Gasteiger partial charge is 0.444 e. The van der Waals surface area contributed by atoms with Gasteiger partial charge in [0.25, 0.3) is 0 Å². The number of ether oxygens (including phenoxy) is 1. The van der Waals surface area contributed by atoms with E-state index in [1.807, 2.05) is 27.7 Å². The third kappa shape index (κ3) is 4.38. The standard InChI is InChI=1S/C13H24N6O2/c1-9(11-15-17-18-16-11)14-8-10-6-5-7-19(10)12(20)21-13(2,3)4/h9-10,14H,5-8H2,1-4H3,(H,15,16,17,18). The summed E-state index contributed by atoms with van der Waals surface area (Å²) < 4.78 is 5.45. The molecule has 118 valence electrons. The van der Waals surface area contributed by atoms with Crippen LogP contribution in [0.1, 0.15) is 52.4 Å². The predicted octanol–water partition coefficient (Wildman–Crippen LogP) is 1.25. The molecule has 0 spiro atoms. The first-order chi connectivity index (χ1) is 9.87. The van der Waals surface area contributed by atoms with Gasteiger partial charge in [-0.25, -0.2) is 4.79 Å². The van der Waals surface area contributed by atoms with E-state index in [-0.39, 0.29) is 18.2 Å². The summed E-state index contributed by atoms with van der Waals surface area (Å²) in [6.07, 6.45) is 1.74. The fourth-order valence-electron chi connectivity index (χ4n) is 2.37. The molecule has 0 radical (unpaired) electrons. The smallest absolute Gasteiger partial charge is 0.410 e. The Bertz CT molecular complexity index is 456. The number of nitrogens with zero attached hydrogens (tertiary/aromatic N) is 4. The molecular weight excluding hydrogens is 272 g/mol. The van der Waals surface area contributed by atoms with Crippen molar-refractivity contribution in [1.82, 2.24) is 30.8 Å². The number of hydrogen-bond donors (Lipinski definition) is 2. The third-order valence-corrected chi connectivity index (χ3v) is 3.41. The Morgan fingerprint density at radius 3 is 2.95 bits per heavy atom. The second-order valence-corrected chi connectivity index (χ2v) is 6.37. The minimum Gasteiger partial charge on any atom is -0.444 e. The van der Waals surface area contributed by atoms with E-state index in [4.69, 9.17) is 4.74 Å². The fourth-order valence-corrected chi connectivity index (χ4v) is 2.37. The minimum atomic E-state index is -0.463. The van der Waals surface area contributed by atoms with Gasteiger partial charge >= 0.3 is 6.09 Å². The molecule has 1 fully saturated rings. The van der Waals surface area contributed by atoms with Crippen LogP contribution < -0.4 is 5.32 Å². The van der Waals surface area contributed by atoms with Crippen LogP contribution in [0.25, 0.3) is 0 Å². The van der Waals surface area contributed by atoms with Crippen molar-refractivity contribution in [3.63, 3.8) is 0 Å². The van der Waals surface area contributed by atoms with Crippen LogP contribution in [0.15, 0.2) is 0 Å². The molecule has 1 aliphatic rings. The van der Waals surface area contributed by atoms with Crippen molar-refractivity contribution in [2.45, 2.75) is 58.2 Å². The average molecular weight is 296 g/mol. The van der Waals surface area contributed by atoms with Gasteiger partial charge in [-0.15, -0.1) is 10.2 Å². The predicted molar refractivity (Wildman–Crippen MR) is 76.6 cm³/mol. The van der Waals surface area contributed by atoms with Crippen LogP contribution in [0.5, 0.6) is 0 Å². The van der Waals surface area contributed by atoms with Gasteiger partial charge in [0.15, 0.2) is 5.82 Å². The maximum absolute atomic E-state index is 12.2. The molecule has 2 N–H and O–H groups in total. The lowest BCUT2D eigenvalue weighted by molar-refractivity contribution is 0.0225. The Morgan fingerprint density at radius 2 is 2.33 bits per heavy atom. The van der Waals surface area contributed by atoms with Crippen LogP contribution in [0.4, 0.5) is 4.79 Å². The first-order valence-electron chi connectivity index (χ1n) is 7.33. The molecule has 2 unspecified atom stereocenters. The zero-order valence-corrected chi connectivity index (χ0v) is 13.1.